The van der Waals surface area contributed by atoms with Gasteiger partial charge in [-0.3, -0.25) is 4.99 Å². The zero-order chi connectivity index (χ0) is 10.1. The molecule has 0 atom stereocenters. The van der Waals surface area contributed by atoms with Crippen LogP contribution in [0.4, 0.5) is 0 Å². The average Bonchev–Trinajstić information content (AvgIpc) is 2.73. The summed E-state index contributed by atoms with van der Waals surface area (Å²) in [6.07, 6.45) is 4.00. The number of rotatable bonds is 1. The molecule has 0 saturated carbocycles. The Hall–Kier alpha value is -1.57. The van der Waals surface area contributed by atoms with Crippen LogP contribution in [-0.4, -0.2) is 10.7 Å². The van der Waals surface area contributed by atoms with Gasteiger partial charge in [-0.15, -0.1) is 0 Å². The summed E-state index contributed by atoms with van der Waals surface area (Å²) >= 11 is 0. The van der Waals surface area contributed by atoms with E-state index < -0.39 is 0 Å². The maximum atomic E-state index is 4.51. The van der Waals surface area contributed by atoms with Crippen LogP contribution in [-0.2, 0) is 0 Å². The van der Waals surface area contributed by atoms with Gasteiger partial charge in [0.25, 0.3) is 0 Å². The highest BCUT2D eigenvalue weighted by atomic mass is 14.8. The van der Waals surface area contributed by atoms with Crippen LogP contribution in [0.3, 0.4) is 0 Å². The Kier molecular flexibility index (Phi) is 2.12. The van der Waals surface area contributed by atoms with Crippen molar-refractivity contribution < 1.29 is 0 Å². The first-order valence-corrected chi connectivity index (χ1v) is 4.77. The molecule has 2 heterocycles. The lowest BCUT2D eigenvalue weighted by Gasteiger charge is -1.96. The summed E-state index contributed by atoms with van der Waals surface area (Å²) in [5.74, 6) is 0. The molecule has 1 aromatic heterocycles. The van der Waals surface area contributed by atoms with Crippen LogP contribution in [0.1, 0.15) is 26.5 Å². The van der Waals surface area contributed by atoms with Crippen LogP contribution in [0, 0.1) is 0 Å². The van der Waals surface area contributed by atoms with E-state index in [9.17, 15) is 0 Å². The van der Waals surface area contributed by atoms with E-state index in [1.165, 1.54) is 11.1 Å². The van der Waals surface area contributed by atoms with Crippen LogP contribution in [0.15, 0.2) is 40.2 Å². The Bertz CT molecular complexity index is 431. The summed E-state index contributed by atoms with van der Waals surface area (Å²) in [5, 5.41) is 0. The third kappa shape index (κ3) is 1.43. The van der Waals surface area contributed by atoms with Crippen molar-refractivity contribution in [2.24, 2.45) is 4.99 Å². The van der Waals surface area contributed by atoms with Gasteiger partial charge in [0, 0.05) is 17.6 Å². The Morgan fingerprint density at radius 3 is 2.50 bits per heavy atom. The second-order valence-electron chi connectivity index (χ2n) is 3.60. The van der Waals surface area contributed by atoms with Gasteiger partial charge in [0.2, 0.25) is 0 Å². The number of hydrogen-bond acceptors (Lipinski definition) is 1. The van der Waals surface area contributed by atoms with E-state index in [4.69, 9.17) is 0 Å². The molecule has 1 aliphatic rings. The molecule has 0 fully saturated rings. The lowest BCUT2D eigenvalue weighted by atomic mass is 10.1. The number of aromatic amines is 1. The number of nitrogens with one attached hydrogen (secondary N) is 1. The highest BCUT2D eigenvalue weighted by Gasteiger charge is 2.13. The molecule has 2 rings (SSSR count). The van der Waals surface area contributed by atoms with E-state index in [-0.39, 0.29) is 0 Å². The predicted molar refractivity (Wildman–Crippen MR) is 60.3 cm³/mol. The molecule has 0 radical (unpaired) electrons. The van der Waals surface area contributed by atoms with Crippen LogP contribution in [0.2, 0.25) is 0 Å². The highest BCUT2D eigenvalue weighted by molar-refractivity contribution is 6.03. The van der Waals surface area contributed by atoms with Gasteiger partial charge in [-0.25, -0.2) is 0 Å². The van der Waals surface area contributed by atoms with E-state index in [1.54, 1.807) is 0 Å². The van der Waals surface area contributed by atoms with Gasteiger partial charge in [-0.05, 0) is 50.1 Å². The fraction of sp³-hybridized carbons (Fsp3) is 0.250. The van der Waals surface area contributed by atoms with Gasteiger partial charge in [0.15, 0.2) is 0 Å². The van der Waals surface area contributed by atoms with Crippen molar-refractivity contribution in [2.45, 2.75) is 20.8 Å². The van der Waals surface area contributed by atoms with E-state index in [0.29, 0.717) is 0 Å². The van der Waals surface area contributed by atoms with Crippen molar-refractivity contribution in [3.05, 3.63) is 40.9 Å². The largest absolute Gasteiger partial charge is 0.362 e. The van der Waals surface area contributed by atoms with Gasteiger partial charge in [0.05, 0.1) is 5.70 Å². The molecule has 1 aromatic rings. The number of H-pyrrole nitrogens is 1. The maximum absolute atomic E-state index is 4.51. The van der Waals surface area contributed by atoms with Crippen LogP contribution < -0.4 is 0 Å². The monoisotopic (exact) mass is 186 g/mol. The zero-order valence-electron chi connectivity index (χ0n) is 8.76. The van der Waals surface area contributed by atoms with Crippen LogP contribution in [0.5, 0.6) is 0 Å². The first-order valence-electron chi connectivity index (χ1n) is 4.77. The van der Waals surface area contributed by atoms with Crippen LogP contribution in [0.25, 0.3) is 6.08 Å². The van der Waals surface area contributed by atoms with E-state index >= 15 is 0 Å². The minimum atomic E-state index is 1.07. The molecule has 0 aliphatic carbocycles. The third-order valence-electron chi connectivity index (χ3n) is 2.69. The molecule has 2 nitrogen and oxygen atoms in total. The molecule has 0 amide bonds. The highest BCUT2D eigenvalue weighted by Crippen LogP contribution is 2.25. The third-order valence-corrected chi connectivity index (χ3v) is 2.69. The zero-order valence-corrected chi connectivity index (χ0v) is 8.76. The fourth-order valence-corrected chi connectivity index (χ4v) is 1.53. The van der Waals surface area contributed by atoms with Crippen molar-refractivity contribution in [3.63, 3.8) is 0 Å². The normalized spacial score (nSPS) is 19.4. The summed E-state index contributed by atoms with van der Waals surface area (Å²) in [6, 6.07) is 4.03. The second kappa shape index (κ2) is 3.29. The molecule has 14 heavy (non-hydrogen) atoms. The number of hydrogen-bond donors (Lipinski definition) is 1. The first kappa shape index (κ1) is 9.00. The molecule has 0 bridgehead atoms. The Morgan fingerprint density at radius 1 is 1.21 bits per heavy atom. The molecule has 1 aliphatic heterocycles. The Labute approximate surface area is 84.1 Å². The summed E-state index contributed by atoms with van der Waals surface area (Å²) in [5.41, 5.74) is 5.87. The quantitative estimate of drug-likeness (QED) is 0.697. The molecule has 1 N–H and O–H groups in total. The molecule has 2 heteroatoms. The van der Waals surface area contributed by atoms with Crippen molar-refractivity contribution in [1.29, 1.82) is 0 Å². The Balaban J connectivity index is 2.40. The van der Waals surface area contributed by atoms with Crippen molar-refractivity contribution in [3.8, 4) is 0 Å². The average molecular weight is 186 g/mol. The van der Waals surface area contributed by atoms with Crippen molar-refractivity contribution in [1.82, 2.24) is 4.98 Å². The summed E-state index contributed by atoms with van der Waals surface area (Å²) in [7, 11) is 0. The standard InChI is InChI=1S/C12H14N2/c1-8-9(2)12(14-10(8)3)7-11-5-4-6-13-11/h4-7,13H,1-3H3. The molecule has 0 aromatic carbocycles. The van der Waals surface area contributed by atoms with E-state index in [1.807, 2.05) is 25.3 Å². The Morgan fingerprint density at radius 2 is 2.00 bits per heavy atom. The van der Waals surface area contributed by atoms with Gasteiger partial charge >= 0.3 is 0 Å². The smallest absolute Gasteiger partial charge is 0.0686 e. The summed E-state index contributed by atoms with van der Waals surface area (Å²) < 4.78 is 0. The topological polar surface area (TPSA) is 28.1 Å². The predicted octanol–water partition coefficient (Wildman–Crippen LogP) is 3.17. The van der Waals surface area contributed by atoms with Crippen LogP contribution >= 0.6 is 0 Å². The van der Waals surface area contributed by atoms with Gasteiger partial charge in [0.1, 0.15) is 0 Å². The maximum Gasteiger partial charge on any atom is 0.0686 e. The summed E-state index contributed by atoms with van der Waals surface area (Å²) in [6.45, 7) is 6.28. The first-order chi connectivity index (χ1) is 6.68. The van der Waals surface area contributed by atoms with Crippen molar-refractivity contribution >= 4 is 11.8 Å². The number of nitrogens with zero attached hydrogens (tertiary/aromatic N) is 1. The van der Waals surface area contributed by atoms with E-state index in [0.717, 1.165) is 17.1 Å². The number of allylic oxidation sites excluding steroid dienone is 2. The van der Waals surface area contributed by atoms with Gasteiger partial charge < -0.3 is 4.98 Å². The molecule has 0 spiro atoms. The second-order valence-corrected chi connectivity index (χ2v) is 3.60. The number of aromatic nitrogens is 1. The lowest BCUT2D eigenvalue weighted by Crippen LogP contribution is -1.86. The molecule has 72 valence electrons. The van der Waals surface area contributed by atoms with Gasteiger partial charge in [-0.1, -0.05) is 0 Å². The van der Waals surface area contributed by atoms with Crippen molar-refractivity contribution in [2.75, 3.05) is 0 Å². The van der Waals surface area contributed by atoms with Gasteiger partial charge in [-0.2, -0.15) is 0 Å². The lowest BCUT2D eigenvalue weighted by molar-refractivity contribution is 1.31. The number of aliphatic imine (C=N–C) groups is 1. The minimum Gasteiger partial charge on any atom is -0.362 e. The molecular formula is C12H14N2. The molecule has 0 unspecified atom stereocenters. The van der Waals surface area contributed by atoms with E-state index in [2.05, 4.69) is 29.9 Å². The molecule has 0 saturated heterocycles. The summed E-state index contributed by atoms with van der Waals surface area (Å²) in [4.78, 5) is 7.66. The minimum absolute atomic E-state index is 1.07. The SMILES string of the molecule is CC1=NC(=Cc2ccc[nH]2)C(C)=C1C. The fourth-order valence-electron chi connectivity index (χ4n) is 1.53. The molecular weight excluding hydrogens is 172 g/mol.